The van der Waals surface area contributed by atoms with Crippen molar-refractivity contribution >= 4 is 11.1 Å². The van der Waals surface area contributed by atoms with Gasteiger partial charge >= 0.3 is 5.76 Å². The molecule has 0 spiro atoms. The van der Waals surface area contributed by atoms with E-state index in [1.807, 2.05) is 24.3 Å². The lowest BCUT2D eigenvalue weighted by Crippen LogP contribution is -2.33. The average molecular weight is 413 g/mol. The lowest BCUT2D eigenvalue weighted by molar-refractivity contribution is 0.199. The highest BCUT2D eigenvalue weighted by Gasteiger charge is 2.20. The molecule has 1 saturated heterocycles. The summed E-state index contributed by atoms with van der Waals surface area (Å²) in [5.74, 6) is 0.00111. The van der Waals surface area contributed by atoms with Crippen molar-refractivity contribution in [2.75, 3.05) is 19.6 Å². The van der Waals surface area contributed by atoms with E-state index in [1.54, 1.807) is 29.7 Å². The van der Waals surface area contributed by atoms with Crippen LogP contribution in [0.1, 0.15) is 55.8 Å². The molecule has 0 aliphatic carbocycles. The molecule has 0 saturated carbocycles. The molecule has 4 rings (SSSR count). The van der Waals surface area contributed by atoms with Crippen LogP contribution in [-0.4, -0.2) is 34.2 Å². The van der Waals surface area contributed by atoms with Crippen LogP contribution in [0.5, 0.6) is 0 Å². The summed E-state index contributed by atoms with van der Waals surface area (Å²) in [5.41, 5.74) is 3.29. The van der Waals surface area contributed by atoms with Gasteiger partial charge in [-0.15, -0.1) is 0 Å². The summed E-state index contributed by atoms with van der Waals surface area (Å²) in [6, 6.07) is 12.3. The number of nitrogens with zero attached hydrogens (tertiary/aromatic N) is 2. The molecular formula is C24H29FN2O3. The van der Waals surface area contributed by atoms with Crippen LogP contribution in [0, 0.1) is 5.82 Å². The van der Waals surface area contributed by atoms with Crippen LogP contribution in [0.15, 0.2) is 51.7 Å². The van der Waals surface area contributed by atoms with Gasteiger partial charge in [0, 0.05) is 6.54 Å². The summed E-state index contributed by atoms with van der Waals surface area (Å²) in [6.45, 7) is 5.45. The maximum atomic E-state index is 13.1. The van der Waals surface area contributed by atoms with Crippen LogP contribution in [-0.2, 0) is 6.54 Å². The van der Waals surface area contributed by atoms with Gasteiger partial charge in [0.05, 0.1) is 11.6 Å². The van der Waals surface area contributed by atoms with Crippen molar-refractivity contribution in [3.8, 4) is 0 Å². The number of rotatable bonds is 7. The molecule has 1 fully saturated rings. The van der Waals surface area contributed by atoms with Gasteiger partial charge in [0.2, 0.25) is 0 Å². The van der Waals surface area contributed by atoms with E-state index in [-0.39, 0.29) is 11.6 Å². The van der Waals surface area contributed by atoms with Gasteiger partial charge in [-0.3, -0.25) is 4.57 Å². The number of hydrogen-bond donors (Lipinski definition) is 1. The maximum absolute atomic E-state index is 13.1. The molecular weight excluding hydrogens is 383 g/mol. The number of unbranched alkanes of at least 4 members (excludes halogenated alkanes) is 1. The minimum atomic E-state index is -0.588. The molecule has 2 heterocycles. The Hall–Kier alpha value is -2.44. The quantitative estimate of drug-likeness (QED) is 0.583. The van der Waals surface area contributed by atoms with Crippen molar-refractivity contribution in [2.24, 2.45) is 0 Å². The predicted octanol–water partition coefficient (Wildman–Crippen LogP) is 4.45. The zero-order valence-electron chi connectivity index (χ0n) is 17.4. The highest BCUT2D eigenvalue weighted by molar-refractivity contribution is 5.73. The number of halogens is 1. The number of aliphatic hydroxyl groups excluding tert-OH is 1. The molecule has 1 aliphatic heterocycles. The zero-order chi connectivity index (χ0) is 21.1. The molecule has 3 aromatic rings. The van der Waals surface area contributed by atoms with Gasteiger partial charge < -0.3 is 14.4 Å². The first kappa shape index (κ1) is 20.8. The van der Waals surface area contributed by atoms with E-state index in [1.165, 1.54) is 5.56 Å². The van der Waals surface area contributed by atoms with Crippen molar-refractivity contribution in [1.82, 2.24) is 9.47 Å². The van der Waals surface area contributed by atoms with Crippen molar-refractivity contribution < 1.29 is 13.9 Å². The number of likely N-dealkylation sites (tertiary alicyclic amines) is 1. The molecule has 0 amide bonds. The molecule has 30 heavy (non-hydrogen) atoms. The number of aromatic nitrogens is 1. The first-order valence-electron chi connectivity index (χ1n) is 10.8. The highest BCUT2D eigenvalue weighted by atomic mass is 19.1. The molecule has 5 nitrogen and oxygen atoms in total. The minimum Gasteiger partial charge on any atom is -0.408 e. The Morgan fingerprint density at radius 3 is 2.50 bits per heavy atom. The summed E-state index contributed by atoms with van der Waals surface area (Å²) in [6.07, 6.45) is 3.54. The normalized spacial score (nSPS) is 16.9. The molecule has 1 unspecified atom stereocenters. The van der Waals surface area contributed by atoms with E-state index in [2.05, 4.69) is 4.90 Å². The number of benzene rings is 2. The van der Waals surface area contributed by atoms with E-state index in [0.29, 0.717) is 18.0 Å². The number of oxazole rings is 1. The Morgan fingerprint density at radius 1 is 1.10 bits per heavy atom. The van der Waals surface area contributed by atoms with Crippen LogP contribution in [0.2, 0.25) is 0 Å². The van der Waals surface area contributed by atoms with Crippen molar-refractivity contribution in [2.45, 2.75) is 51.2 Å². The predicted molar refractivity (Wildman–Crippen MR) is 115 cm³/mol. The van der Waals surface area contributed by atoms with Gasteiger partial charge in [0.15, 0.2) is 5.58 Å². The average Bonchev–Trinajstić information content (AvgIpc) is 3.06. The van der Waals surface area contributed by atoms with Gasteiger partial charge in [-0.1, -0.05) is 18.2 Å². The van der Waals surface area contributed by atoms with Gasteiger partial charge in [-0.25, -0.2) is 9.18 Å². The second-order valence-corrected chi connectivity index (χ2v) is 8.30. The summed E-state index contributed by atoms with van der Waals surface area (Å²) in [5, 5.41) is 9.70. The maximum Gasteiger partial charge on any atom is 0.419 e. The second kappa shape index (κ2) is 9.14. The first-order chi connectivity index (χ1) is 14.5. The van der Waals surface area contributed by atoms with E-state index < -0.39 is 6.10 Å². The lowest BCUT2D eigenvalue weighted by Gasteiger charge is -2.32. The molecule has 1 aromatic heterocycles. The SMILES string of the molecule is CC(O)c1ccc2c(c1)oc(=O)n2CCCCN1CCC(c2ccc(F)cc2)CC1. The van der Waals surface area contributed by atoms with Crippen LogP contribution >= 0.6 is 0 Å². The largest absolute Gasteiger partial charge is 0.419 e. The Labute approximate surface area is 175 Å². The fraction of sp³-hybridized carbons (Fsp3) is 0.458. The fourth-order valence-electron chi connectivity index (χ4n) is 4.38. The van der Waals surface area contributed by atoms with Crippen LogP contribution in [0.25, 0.3) is 11.1 Å². The number of hydrogen-bond acceptors (Lipinski definition) is 4. The first-order valence-corrected chi connectivity index (χ1v) is 10.8. The van der Waals surface area contributed by atoms with Crippen LogP contribution in [0.4, 0.5) is 4.39 Å². The molecule has 2 aromatic carbocycles. The summed E-state index contributed by atoms with van der Waals surface area (Å²) < 4.78 is 20.1. The van der Waals surface area contributed by atoms with Gasteiger partial charge in [0.1, 0.15) is 5.82 Å². The number of piperidine rings is 1. The van der Waals surface area contributed by atoms with Crippen LogP contribution in [0.3, 0.4) is 0 Å². The number of fused-ring (bicyclic) bond motifs is 1. The smallest absolute Gasteiger partial charge is 0.408 e. The molecule has 0 radical (unpaired) electrons. The molecule has 1 aliphatic rings. The van der Waals surface area contributed by atoms with E-state index in [0.717, 1.165) is 56.4 Å². The molecule has 160 valence electrons. The highest BCUT2D eigenvalue weighted by Crippen LogP contribution is 2.28. The van der Waals surface area contributed by atoms with Crippen LogP contribution < -0.4 is 5.76 Å². The van der Waals surface area contributed by atoms with Crippen molar-refractivity contribution in [3.63, 3.8) is 0 Å². The monoisotopic (exact) mass is 412 g/mol. The van der Waals surface area contributed by atoms with Gasteiger partial charge in [0.25, 0.3) is 0 Å². The lowest BCUT2D eigenvalue weighted by atomic mass is 9.89. The number of aryl methyl sites for hydroxylation is 1. The molecule has 6 heteroatoms. The Bertz CT molecular complexity index is 1030. The van der Waals surface area contributed by atoms with E-state index >= 15 is 0 Å². The van der Waals surface area contributed by atoms with Gasteiger partial charge in [-0.2, -0.15) is 0 Å². The Balaban J connectivity index is 1.25. The van der Waals surface area contributed by atoms with E-state index in [4.69, 9.17) is 4.42 Å². The third kappa shape index (κ3) is 4.65. The Kier molecular flexibility index (Phi) is 6.35. The Morgan fingerprint density at radius 2 is 1.80 bits per heavy atom. The number of aliphatic hydroxyl groups is 1. The molecule has 1 atom stereocenters. The summed E-state index contributed by atoms with van der Waals surface area (Å²) in [4.78, 5) is 14.7. The van der Waals surface area contributed by atoms with Gasteiger partial charge in [-0.05, 0) is 93.6 Å². The fourth-order valence-corrected chi connectivity index (χ4v) is 4.38. The van der Waals surface area contributed by atoms with E-state index in [9.17, 15) is 14.3 Å². The van der Waals surface area contributed by atoms with Crippen molar-refractivity contribution in [1.29, 1.82) is 0 Å². The zero-order valence-corrected chi connectivity index (χ0v) is 17.4. The van der Waals surface area contributed by atoms with Crippen molar-refractivity contribution in [3.05, 3.63) is 70.0 Å². The topological polar surface area (TPSA) is 58.6 Å². The summed E-state index contributed by atoms with van der Waals surface area (Å²) in [7, 11) is 0. The standard InChI is InChI=1S/C24H29FN2O3/c1-17(28)20-6-9-22-23(16-20)30-24(29)27(22)13-3-2-12-26-14-10-19(11-15-26)18-4-7-21(25)8-5-18/h4-9,16-17,19,28H,2-3,10-15H2,1H3. The molecule has 0 bridgehead atoms. The molecule has 1 N–H and O–H groups in total. The summed E-state index contributed by atoms with van der Waals surface area (Å²) >= 11 is 0. The third-order valence-electron chi connectivity index (χ3n) is 6.21. The third-order valence-corrected chi connectivity index (χ3v) is 6.21. The second-order valence-electron chi connectivity index (χ2n) is 8.30. The minimum absolute atomic E-state index is 0.177.